The van der Waals surface area contributed by atoms with Gasteiger partial charge in [0.25, 0.3) is 0 Å². The van der Waals surface area contributed by atoms with Crippen molar-refractivity contribution < 1.29 is 0 Å². The lowest BCUT2D eigenvalue weighted by molar-refractivity contribution is 0.714. The van der Waals surface area contributed by atoms with Crippen LogP contribution in [-0.4, -0.2) is 12.1 Å². The van der Waals surface area contributed by atoms with E-state index in [4.69, 9.17) is 11.5 Å². The molecule has 0 aromatic carbocycles. The van der Waals surface area contributed by atoms with Gasteiger partial charge in [-0.1, -0.05) is 28.7 Å². The summed E-state index contributed by atoms with van der Waals surface area (Å²) in [7, 11) is 0. The molecule has 0 aliphatic carbocycles. The van der Waals surface area contributed by atoms with Crippen molar-refractivity contribution in [3.8, 4) is 0 Å². The first-order valence-corrected chi connectivity index (χ1v) is 4.05. The Labute approximate surface area is 79.7 Å². The van der Waals surface area contributed by atoms with Crippen molar-refractivity contribution in [1.29, 1.82) is 0 Å². The van der Waals surface area contributed by atoms with Crippen LogP contribution in [0.25, 0.3) is 0 Å². The molecule has 1 unspecified atom stereocenters. The van der Waals surface area contributed by atoms with Crippen molar-refractivity contribution in [3.63, 3.8) is 0 Å². The van der Waals surface area contributed by atoms with E-state index in [1.165, 1.54) is 0 Å². The molecular weight excluding hydrogens is 148 g/mol. The number of nitrogens with two attached hydrogens (primary N) is 2. The molecule has 0 saturated heterocycles. The fraction of sp³-hybridized carbons (Fsp3) is 1.00. The Morgan fingerprint density at radius 3 is 0.917 bits per heavy atom. The predicted molar refractivity (Wildman–Crippen MR) is 61.3 cm³/mol. The van der Waals surface area contributed by atoms with E-state index in [-0.39, 0.29) is 14.9 Å². The van der Waals surface area contributed by atoms with Crippen molar-refractivity contribution in [1.82, 2.24) is 0 Å². The van der Waals surface area contributed by atoms with Gasteiger partial charge in [-0.25, -0.2) is 0 Å². The van der Waals surface area contributed by atoms with Crippen molar-refractivity contribution in [2.75, 3.05) is 0 Å². The van der Waals surface area contributed by atoms with Gasteiger partial charge in [0.2, 0.25) is 0 Å². The van der Waals surface area contributed by atoms with Gasteiger partial charge < -0.3 is 11.5 Å². The van der Waals surface area contributed by atoms with Gasteiger partial charge in [-0.2, -0.15) is 0 Å². The third-order valence-corrected chi connectivity index (χ3v) is 1.29. The Morgan fingerprint density at radius 2 is 0.917 bits per heavy atom. The van der Waals surface area contributed by atoms with E-state index in [1.807, 2.05) is 13.8 Å². The summed E-state index contributed by atoms with van der Waals surface area (Å²) in [6.07, 6.45) is 2.17. The van der Waals surface area contributed by atoms with Crippen molar-refractivity contribution >= 4 is 0 Å². The molecule has 80 valence electrons. The molecule has 0 aromatic heterocycles. The molecule has 0 bridgehead atoms. The van der Waals surface area contributed by atoms with Crippen LogP contribution < -0.4 is 11.5 Å². The molecule has 4 N–H and O–H groups in total. The average Bonchev–Trinajstić information content (AvgIpc) is 1.89. The highest BCUT2D eigenvalue weighted by Crippen LogP contribution is 1.77. The Bertz CT molecular complexity index is 43.8. The first-order chi connectivity index (χ1) is 4.54. The molecular formula is C10H30N2. The molecule has 12 heavy (non-hydrogen) atoms. The van der Waals surface area contributed by atoms with Gasteiger partial charge in [0, 0.05) is 12.1 Å². The number of rotatable bonds is 2. The van der Waals surface area contributed by atoms with Gasteiger partial charge in [-0.05, 0) is 26.7 Å². The summed E-state index contributed by atoms with van der Waals surface area (Å²) in [4.78, 5) is 0. The quantitative estimate of drug-likeness (QED) is 0.683. The lowest BCUT2D eigenvalue weighted by Crippen LogP contribution is -2.11. The molecule has 2 nitrogen and oxygen atoms in total. The second-order valence-corrected chi connectivity index (χ2v) is 2.77. The SMILES string of the molecule is C.C.CCC(C)N.CC[C@@H](C)N. The second kappa shape index (κ2) is 17.1. The van der Waals surface area contributed by atoms with Crippen LogP contribution in [0.4, 0.5) is 0 Å². The van der Waals surface area contributed by atoms with Crippen LogP contribution in [0, 0.1) is 0 Å². The first-order valence-electron chi connectivity index (χ1n) is 4.05. The molecule has 0 amide bonds. The largest absolute Gasteiger partial charge is 0.328 e. The molecule has 0 fully saturated rings. The van der Waals surface area contributed by atoms with Crippen molar-refractivity contribution in [2.45, 2.75) is 67.5 Å². The highest BCUT2D eigenvalue weighted by molar-refractivity contribution is 4.43. The van der Waals surface area contributed by atoms with Crippen LogP contribution in [0.3, 0.4) is 0 Å². The smallest absolute Gasteiger partial charge is 0.000781 e. The normalized spacial score (nSPS) is 12.5. The number of hydrogen-bond donors (Lipinski definition) is 2. The van der Waals surface area contributed by atoms with Crippen LogP contribution >= 0.6 is 0 Å². The van der Waals surface area contributed by atoms with Crippen molar-refractivity contribution in [2.24, 2.45) is 11.5 Å². The summed E-state index contributed by atoms with van der Waals surface area (Å²) in [5.41, 5.74) is 10.6. The summed E-state index contributed by atoms with van der Waals surface area (Å²) >= 11 is 0. The van der Waals surface area contributed by atoms with Gasteiger partial charge in [0.05, 0.1) is 0 Å². The molecule has 0 aliphatic heterocycles. The molecule has 0 rings (SSSR count). The van der Waals surface area contributed by atoms with Crippen LogP contribution in [0.15, 0.2) is 0 Å². The summed E-state index contributed by atoms with van der Waals surface area (Å²) in [5, 5.41) is 0. The highest BCUT2D eigenvalue weighted by atomic mass is 14.6. The van der Waals surface area contributed by atoms with Gasteiger partial charge >= 0.3 is 0 Å². The Morgan fingerprint density at radius 1 is 0.833 bits per heavy atom. The molecule has 0 radical (unpaired) electrons. The van der Waals surface area contributed by atoms with E-state index in [1.54, 1.807) is 0 Å². The Hall–Kier alpha value is -0.0800. The van der Waals surface area contributed by atoms with Crippen molar-refractivity contribution in [3.05, 3.63) is 0 Å². The van der Waals surface area contributed by atoms with Crippen LogP contribution in [-0.2, 0) is 0 Å². The third kappa shape index (κ3) is 51.4. The molecule has 0 aliphatic rings. The zero-order valence-electron chi connectivity index (χ0n) is 7.72. The van der Waals surface area contributed by atoms with E-state index >= 15 is 0 Å². The average molecular weight is 178 g/mol. The monoisotopic (exact) mass is 178 g/mol. The number of hydrogen-bond acceptors (Lipinski definition) is 2. The van der Waals surface area contributed by atoms with Crippen LogP contribution in [0.2, 0.25) is 0 Å². The van der Waals surface area contributed by atoms with E-state index in [2.05, 4.69) is 13.8 Å². The predicted octanol–water partition coefficient (Wildman–Crippen LogP) is 2.76. The topological polar surface area (TPSA) is 52.0 Å². The zero-order chi connectivity index (χ0) is 8.57. The summed E-state index contributed by atoms with van der Waals surface area (Å²) in [6, 6.07) is 0.769. The van der Waals surface area contributed by atoms with E-state index in [0.29, 0.717) is 12.1 Å². The third-order valence-electron chi connectivity index (χ3n) is 1.29. The van der Waals surface area contributed by atoms with Crippen LogP contribution in [0.5, 0.6) is 0 Å². The highest BCUT2D eigenvalue weighted by Gasteiger charge is 1.80. The van der Waals surface area contributed by atoms with E-state index in [0.717, 1.165) is 12.8 Å². The standard InChI is InChI=1S/2C4H11N.2CH4/c2*1-3-4(2)5;;/h2*4H,3,5H2,1-2H3;2*1H4/t4-;;;/m1.../s1. The summed E-state index contributed by atoms with van der Waals surface area (Å²) in [5.74, 6) is 0. The fourth-order valence-corrected chi connectivity index (χ4v) is 0. The zero-order valence-corrected chi connectivity index (χ0v) is 7.72. The summed E-state index contributed by atoms with van der Waals surface area (Å²) in [6.45, 7) is 8.15. The molecule has 0 spiro atoms. The van der Waals surface area contributed by atoms with Gasteiger partial charge in [0.1, 0.15) is 0 Å². The van der Waals surface area contributed by atoms with Crippen LogP contribution in [0.1, 0.15) is 55.4 Å². The maximum atomic E-state index is 5.29. The minimum Gasteiger partial charge on any atom is -0.328 e. The van der Waals surface area contributed by atoms with E-state index in [9.17, 15) is 0 Å². The molecule has 0 saturated carbocycles. The lowest BCUT2D eigenvalue weighted by atomic mass is 10.3. The fourth-order valence-electron chi connectivity index (χ4n) is 0. The maximum absolute atomic E-state index is 5.29. The van der Waals surface area contributed by atoms with Gasteiger partial charge in [-0.15, -0.1) is 0 Å². The Kier molecular flexibility index (Phi) is 32.4. The minimum absolute atomic E-state index is 0. The molecule has 2 heteroatoms. The first kappa shape index (κ1) is 22.7. The maximum Gasteiger partial charge on any atom is 0.000781 e. The molecule has 2 atom stereocenters. The minimum atomic E-state index is 0. The lowest BCUT2D eigenvalue weighted by Gasteiger charge is -1.91. The molecule has 0 heterocycles. The molecule has 0 aromatic rings. The Balaban J connectivity index is -0.0000000457. The van der Waals surface area contributed by atoms with Gasteiger partial charge in [-0.3, -0.25) is 0 Å². The summed E-state index contributed by atoms with van der Waals surface area (Å²) < 4.78 is 0. The second-order valence-electron chi connectivity index (χ2n) is 2.77. The van der Waals surface area contributed by atoms with Gasteiger partial charge in [0.15, 0.2) is 0 Å². The van der Waals surface area contributed by atoms with E-state index < -0.39 is 0 Å².